The van der Waals surface area contributed by atoms with Gasteiger partial charge in [-0.15, -0.1) is 0 Å². The predicted molar refractivity (Wildman–Crippen MR) is 113 cm³/mol. The van der Waals surface area contributed by atoms with E-state index in [-0.39, 0.29) is 34.9 Å². The van der Waals surface area contributed by atoms with Crippen LogP contribution in [0.2, 0.25) is 0 Å². The van der Waals surface area contributed by atoms with E-state index in [1.807, 2.05) is 0 Å². The van der Waals surface area contributed by atoms with Crippen molar-refractivity contribution >= 4 is 5.78 Å². The molecule has 1 saturated carbocycles. The first kappa shape index (κ1) is 22.0. The summed E-state index contributed by atoms with van der Waals surface area (Å²) in [7, 11) is 1.48. The van der Waals surface area contributed by atoms with Crippen LogP contribution in [0.3, 0.4) is 0 Å². The van der Waals surface area contributed by atoms with Crippen LogP contribution in [0.25, 0.3) is 0 Å². The maximum absolute atomic E-state index is 12.4. The van der Waals surface area contributed by atoms with E-state index in [9.17, 15) is 25.2 Å². The summed E-state index contributed by atoms with van der Waals surface area (Å²) in [5.74, 6) is 0.101. The summed E-state index contributed by atoms with van der Waals surface area (Å²) >= 11 is 0. The van der Waals surface area contributed by atoms with Gasteiger partial charge in [-0.25, -0.2) is 0 Å². The second kappa shape index (κ2) is 9.39. The molecule has 0 bridgehead atoms. The third kappa shape index (κ3) is 5.05. The zero-order chi connectivity index (χ0) is 21.7. The summed E-state index contributed by atoms with van der Waals surface area (Å²) in [5.41, 5.74) is 1.51. The molecule has 1 aliphatic carbocycles. The van der Waals surface area contributed by atoms with Crippen molar-refractivity contribution in [2.24, 2.45) is 0 Å². The van der Waals surface area contributed by atoms with Crippen molar-refractivity contribution in [3.8, 4) is 23.0 Å². The highest BCUT2D eigenvalue weighted by molar-refractivity contribution is 5.79. The van der Waals surface area contributed by atoms with E-state index in [2.05, 4.69) is 0 Å². The first-order valence-corrected chi connectivity index (χ1v) is 10.4. The lowest BCUT2D eigenvalue weighted by atomic mass is 9.74. The molecule has 0 amide bonds. The van der Waals surface area contributed by atoms with Crippen molar-refractivity contribution in [2.45, 2.75) is 62.9 Å². The molecule has 1 fully saturated rings. The van der Waals surface area contributed by atoms with Crippen LogP contribution in [0, 0.1) is 0 Å². The largest absolute Gasteiger partial charge is 0.504 e. The molecule has 0 saturated heterocycles. The highest BCUT2D eigenvalue weighted by Gasteiger charge is 2.38. The Balaban J connectivity index is 1.59. The summed E-state index contributed by atoms with van der Waals surface area (Å²) in [4.78, 5) is 12.4. The highest BCUT2D eigenvalue weighted by atomic mass is 16.5. The fourth-order valence-electron chi connectivity index (χ4n) is 4.57. The number of phenols is 3. The number of aliphatic hydroxyl groups is 1. The van der Waals surface area contributed by atoms with Gasteiger partial charge in [0.15, 0.2) is 23.0 Å². The molecule has 1 aliphatic rings. The fourth-order valence-corrected chi connectivity index (χ4v) is 4.57. The number of methoxy groups -OCH3 is 1. The Kier molecular flexibility index (Phi) is 6.87. The Morgan fingerprint density at radius 2 is 1.73 bits per heavy atom. The van der Waals surface area contributed by atoms with Crippen LogP contribution in [0.1, 0.15) is 56.1 Å². The Bertz CT molecular complexity index is 885. The summed E-state index contributed by atoms with van der Waals surface area (Å²) in [6.07, 6.45) is 4.43. The number of carbonyl (C=O) groups is 1. The Morgan fingerprint density at radius 3 is 2.40 bits per heavy atom. The third-order valence-electron chi connectivity index (χ3n) is 6.17. The van der Waals surface area contributed by atoms with Crippen LogP contribution in [0.5, 0.6) is 23.0 Å². The fraction of sp³-hybridized carbons (Fsp3) is 0.458. The molecule has 6 nitrogen and oxygen atoms in total. The van der Waals surface area contributed by atoms with Gasteiger partial charge in [-0.2, -0.15) is 0 Å². The summed E-state index contributed by atoms with van der Waals surface area (Å²) < 4.78 is 5.09. The molecule has 2 aromatic rings. The number of rotatable bonds is 9. The molecular formula is C24H30O6. The van der Waals surface area contributed by atoms with Crippen LogP contribution in [-0.2, 0) is 16.6 Å². The standard InChI is InChI=1S/C24H30O6/c1-30-23-12-16(5-8-21(23)28)4-7-18(25)14-19(26)15-24(10-2-3-11-24)17-6-9-20(27)22(29)13-17/h5-6,8-9,12-13,19,26-29H,2-4,7,10-11,14-15H2,1H3. The molecule has 2 aromatic carbocycles. The molecule has 0 aliphatic heterocycles. The monoisotopic (exact) mass is 414 g/mol. The lowest BCUT2D eigenvalue weighted by molar-refractivity contribution is -0.121. The van der Waals surface area contributed by atoms with Crippen LogP contribution in [-0.4, -0.2) is 39.4 Å². The van der Waals surface area contributed by atoms with Crippen LogP contribution < -0.4 is 4.74 Å². The van der Waals surface area contributed by atoms with Crippen molar-refractivity contribution < 1.29 is 30.0 Å². The maximum atomic E-state index is 12.4. The molecule has 1 atom stereocenters. The number of ketones is 1. The molecule has 162 valence electrons. The molecule has 0 aromatic heterocycles. The minimum atomic E-state index is -0.763. The van der Waals surface area contributed by atoms with Crippen molar-refractivity contribution in [3.63, 3.8) is 0 Å². The number of aromatic hydroxyl groups is 3. The van der Waals surface area contributed by atoms with Crippen molar-refractivity contribution in [1.29, 1.82) is 0 Å². The maximum Gasteiger partial charge on any atom is 0.160 e. The van der Waals surface area contributed by atoms with Crippen molar-refractivity contribution in [1.82, 2.24) is 0 Å². The van der Waals surface area contributed by atoms with Gasteiger partial charge >= 0.3 is 0 Å². The molecule has 4 N–H and O–H groups in total. The molecule has 0 spiro atoms. The minimum absolute atomic E-state index is 0.0174. The second-order valence-corrected chi connectivity index (χ2v) is 8.30. The van der Waals surface area contributed by atoms with E-state index < -0.39 is 6.10 Å². The number of phenolic OH excluding ortho intramolecular Hbond substituents is 3. The number of aryl methyl sites for hydroxylation is 1. The van der Waals surface area contributed by atoms with Gasteiger partial charge in [-0.05, 0) is 66.5 Å². The minimum Gasteiger partial charge on any atom is -0.504 e. The van der Waals surface area contributed by atoms with E-state index in [1.54, 1.807) is 30.3 Å². The lowest BCUT2D eigenvalue weighted by Gasteiger charge is -2.32. The van der Waals surface area contributed by atoms with Gasteiger partial charge in [-0.1, -0.05) is 25.0 Å². The zero-order valence-corrected chi connectivity index (χ0v) is 17.3. The average molecular weight is 414 g/mol. The number of hydrogen-bond donors (Lipinski definition) is 4. The average Bonchev–Trinajstić information content (AvgIpc) is 3.18. The number of carbonyl (C=O) groups excluding carboxylic acids is 1. The lowest BCUT2D eigenvalue weighted by Crippen LogP contribution is -2.29. The summed E-state index contributed by atoms with van der Waals surface area (Å²) in [5, 5.41) is 39.8. The van der Waals surface area contributed by atoms with Gasteiger partial charge in [0.1, 0.15) is 5.78 Å². The van der Waals surface area contributed by atoms with E-state index in [1.165, 1.54) is 13.2 Å². The van der Waals surface area contributed by atoms with Gasteiger partial charge in [0.05, 0.1) is 13.2 Å². The number of hydrogen-bond acceptors (Lipinski definition) is 6. The van der Waals surface area contributed by atoms with E-state index >= 15 is 0 Å². The molecule has 3 rings (SSSR count). The van der Waals surface area contributed by atoms with Crippen LogP contribution >= 0.6 is 0 Å². The molecule has 6 heteroatoms. The Hall–Kier alpha value is -2.73. The third-order valence-corrected chi connectivity index (χ3v) is 6.17. The second-order valence-electron chi connectivity index (χ2n) is 8.30. The molecule has 0 radical (unpaired) electrons. The molecule has 0 heterocycles. The van der Waals surface area contributed by atoms with Crippen LogP contribution in [0.4, 0.5) is 0 Å². The first-order chi connectivity index (χ1) is 14.3. The number of ether oxygens (including phenoxy) is 1. The van der Waals surface area contributed by atoms with E-state index in [0.717, 1.165) is 36.8 Å². The van der Waals surface area contributed by atoms with Gasteiger partial charge in [-0.3, -0.25) is 4.79 Å². The van der Waals surface area contributed by atoms with Gasteiger partial charge in [0.25, 0.3) is 0 Å². The Morgan fingerprint density at radius 1 is 1.03 bits per heavy atom. The van der Waals surface area contributed by atoms with Gasteiger partial charge in [0.2, 0.25) is 0 Å². The summed E-state index contributed by atoms with van der Waals surface area (Å²) in [6, 6.07) is 9.87. The number of Topliss-reactive ketones (excluding diaryl/α,β-unsaturated/α-hetero) is 1. The predicted octanol–water partition coefficient (Wildman–Crippen LogP) is 3.97. The SMILES string of the molecule is COc1cc(CCC(=O)CC(O)CC2(c3ccc(O)c(O)c3)CCCC2)ccc1O. The van der Waals surface area contributed by atoms with E-state index in [0.29, 0.717) is 25.0 Å². The Labute approximate surface area is 176 Å². The molecule has 1 unspecified atom stereocenters. The molecular weight excluding hydrogens is 384 g/mol. The molecule has 30 heavy (non-hydrogen) atoms. The van der Waals surface area contributed by atoms with Gasteiger partial charge < -0.3 is 25.2 Å². The highest BCUT2D eigenvalue weighted by Crippen LogP contribution is 2.46. The first-order valence-electron chi connectivity index (χ1n) is 10.4. The van der Waals surface area contributed by atoms with Gasteiger partial charge in [0, 0.05) is 12.8 Å². The number of aliphatic hydroxyl groups excluding tert-OH is 1. The van der Waals surface area contributed by atoms with E-state index in [4.69, 9.17) is 4.74 Å². The normalized spacial score (nSPS) is 16.3. The van der Waals surface area contributed by atoms with Crippen molar-refractivity contribution in [3.05, 3.63) is 47.5 Å². The summed E-state index contributed by atoms with van der Waals surface area (Å²) in [6.45, 7) is 0. The quantitative estimate of drug-likeness (QED) is 0.463. The van der Waals surface area contributed by atoms with Crippen molar-refractivity contribution in [2.75, 3.05) is 7.11 Å². The van der Waals surface area contributed by atoms with Crippen LogP contribution in [0.15, 0.2) is 36.4 Å². The zero-order valence-electron chi connectivity index (χ0n) is 17.3. The number of benzene rings is 2. The smallest absolute Gasteiger partial charge is 0.160 e. The topological polar surface area (TPSA) is 107 Å².